The maximum absolute atomic E-state index is 5.44. The van der Waals surface area contributed by atoms with Crippen molar-refractivity contribution >= 4 is 5.96 Å². The molecule has 0 radical (unpaired) electrons. The third kappa shape index (κ3) is 6.67. The van der Waals surface area contributed by atoms with E-state index < -0.39 is 0 Å². The summed E-state index contributed by atoms with van der Waals surface area (Å²) >= 11 is 0. The SMILES string of the molecule is CCNC(=NCc1cc(OC)c(OC)c(OC)c1)NCC(C)N1CCN(CC)CC1. The Bertz CT molecular complexity index is 650. The van der Waals surface area contributed by atoms with Crippen LogP contribution in [0.15, 0.2) is 17.1 Å². The van der Waals surface area contributed by atoms with E-state index >= 15 is 0 Å². The van der Waals surface area contributed by atoms with Gasteiger partial charge in [0.25, 0.3) is 0 Å². The third-order valence-electron chi connectivity index (χ3n) is 5.53. The van der Waals surface area contributed by atoms with Gasteiger partial charge in [-0.25, -0.2) is 4.99 Å². The van der Waals surface area contributed by atoms with Crippen molar-refractivity contribution in [3.8, 4) is 17.2 Å². The van der Waals surface area contributed by atoms with Gasteiger partial charge in [0.15, 0.2) is 17.5 Å². The average Bonchev–Trinajstić information content (AvgIpc) is 2.79. The second-order valence-corrected chi connectivity index (χ2v) is 7.43. The van der Waals surface area contributed by atoms with Gasteiger partial charge in [0, 0.05) is 45.3 Å². The predicted molar refractivity (Wildman–Crippen MR) is 122 cm³/mol. The lowest BCUT2D eigenvalue weighted by molar-refractivity contribution is 0.107. The number of nitrogens with one attached hydrogen (secondary N) is 2. The molecule has 0 bridgehead atoms. The molecule has 1 unspecified atom stereocenters. The third-order valence-corrected chi connectivity index (χ3v) is 5.53. The highest BCUT2D eigenvalue weighted by molar-refractivity contribution is 5.79. The molecule has 0 amide bonds. The molecular weight excluding hydrogens is 382 g/mol. The highest BCUT2D eigenvalue weighted by Crippen LogP contribution is 2.38. The van der Waals surface area contributed by atoms with Crippen LogP contribution < -0.4 is 24.8 Å². The van der Waals surface area contributed by atoms with Crippen LogP contribution >= 0.6 is 0 Å². The summed E-state index contributed by atoms with van der Waals surface area (Å²) in [5.41, 5.74) is 0.991. The molecule has 1 fully saturated rings. The predicted octanol–water partition coefficient (Wildman–Crippen LogP) is 1.79. The second-order valence-electron chi connectivity index (χ2n) is 7.43. The van der Waals surface area contributed by atoms with Gasteiger partial charge >= 0.3 is 0 Å². The van der Waals surface area contributed by atoms with E-state index in [2.05, 4.69) is 41.2 Å². The molecule has 1 aromatic rings. The van der Waals surface area contributed by atoms with Crippen molar-refractivity contribution in [2.45, 2.75) is 33.4 Å². The highest BCUT2D eigenvalue weighted by Gasteiger charge is 2.20. The van der Waals surface area contributed by atoms with Crippen molar-refractivity contribution in [3.05, 3.63) is 17.7 Å². The minimum absolute atomic E-state index is 0.453. The lowest BCUT2D eigenvalue weighted by Crippen LogP contribution is -2.53. The Morgan fingerprint density at radius 1 is 1.00 bits per heavy atom. The standard InChI is InChI=1S/C22H39N5O3/c1-7-23-22(24-15-17(3)27-11-9-26(8-2)10-12-27)25-16-18-13-19(28-4)21(30-6)20(14-18)29-5/h13-14,17H,7-12,15-16H2,1-6H3,(H2,23,24,25). The van der Waals surface area contributed by atoms with Crippen molar-refractivity contribution < 1.29 is 14.2 Å². The summed E-state index contributed by atoms with van der Waals surface area (Å²) in [7, 11) is 4.85. The van der Waals surface area contributed by atoms with Crippen LogP contribution in [0.3, 0.4) is 0 Å². The number of guanidine groups is 1. The van der Waals surface area contributed by atoms with E-state index in [4.69, 9.17) is 19.2 Å². The number of methoxy groups -OCH3 is 3. The zero-order valence-electron chi connectivity index (χ0n) is 19.5. The summed E-state index contributed by atoms with van der Waals surface area (Å²) in [5.74, 6) is 2.68. The Hall–Kier alpha value is -2.19. The quantitative estimate of drug-likeness (QED) is 0.441. The van der Waals surface area contributed by atoms with Gasteiger partial charge in [0.2, 0.25) is 5.75 Å². The fourth-order valence-corrected chi connectivity index (χ4v) is 3.63. The van der Waals surface area contributed by atoms with Crippen molar-refractivity contribution in [2.24, 2.45) is 4.99 Å². The highest BCUT2D eigenvalue weighted by atomic mass is 16.5. The van der Waals surface area contributed by atoms with Gasteiger partial charge < -0.3 is 29.7 Å². The van der Waals surface area contributed by atoms with Crippen LogP contribution in [-0.4, -0.2) is 88.9 Å². The van der Waals surface area contributed by atoms with E-state index in [1.165, 1.54) is 0 Å². The molecule has 1 aliphatic rings. The maximum Gasteiger partial charge on any atom is 0.203 e. The van der Waals surface area contributed by atoms with Gasteiger partial charge in [-0.3, -0.25) is 4.90 Å². The first-order valence-corrected chi connectivity index (χ1v) is 10.8. The molecular formula is C22H39N5O3. The zero-order chi connectivity index (χ0) is 21.9. The number of nitrogens with zero attached hydrogens (tertiary/aromatic N) is 3. The van der Waals surface area contributed by atoms with Crippen LogP contribution in [0, 0.1) is 0 Å². The molecule has 170 valence electrons. The van der Waals surface area contributed by atoms with Gasteiger partial charge in [-0.1, -0.05) is 6.92 Å². The lowest BCUT2D eigenvalue weighted by Gasteiger charge is -2.37. The normalized spacial score (nSPS) is 16.8. The molecule has 8 nitrogen and oxygen atoms in total. The molecule has 8 heteroatoms. The van der Waals surface area contributed by atoms with Crippen LogP contribution in [0.4, 0.5) is 0 Å². The van der Waals surface area contributed by atoms with Gasteiger partial charge in [-0.15, -0.1) is 0 Å². The molecule has 2 N–H and O–H groups in total. The van der Waals surface area contributed by atoms with Crippen LogP contribution in [0.2, 0.25) is 0 Å². The first-order chi connectivity index (χ1) is 14.6. The van der Waals surface area contributed by atoms with Crippen LogP contribution in [-0.2, 0) is 6.54 Å². The van der Waals surface area contributed by atoms with E-state index in [1.807, 2.05) is 12.1 Å². The molecule has 1 aliphatic heterocycles. The number of rotatable bonds is 10. The van der Waals surface area contributed by atoms with E-state index in [-0.39, 0.29) is 0 Å². The molecule has 1 saturated heterocycles. The number of ether oxygens (including phenoxy) is 3. The molecule has 1 atom stereocenters. The molecule has 0 aromatic heterocycles. The number of likely N-dealkylation sites (N-methyl/N-ethyl adjacent to an activating group) is 1. The zero-order valence-corrected chi connectivity index (χ0v) is 19.5. The first-order valence-electron chi connectivity index (χ1n) is 10.8. The van der Waals surface area contributed by atoms with E-state index in [0.29, 0.717) is 29.8 Å². The number of hydrogen-bond donors (Lipinski definition) is 2. The second kappa shape index (κ2) is 12.5. The van der Waals surface area contributed by atoms with Gasteiger partial charge in [0.05, 0.1) is 27.9 Å². The monoisotopic (exact) mass is 421 g/mol. The molecule has 0 saturated carbocycles. The fourth-order valence-electron chi connectivity index (χ4n) is 3.63. The minimum atomic E-state index is 0.453. The van der Waals surface area contributed by atoms with Gasteiger partial charge in [-0.05, 0) is 38.1 Å². The largest absolute Gasteiger partial charge is 0.493 e. The Morgan fingerprint density at radius 3 is 2.13 bits per heavy atom. The summed E-state index contributed by atoms with van der Waals surface area (Å²) in [6, 6.07) is 4.32. The lowest BCUT2D eigenvalue weighted by atomic mass is 10.2. The molecule has 0 spiro atoms. The Balaban J connectivity index is 1.99. The van der Waals surface area contributed by atoms with Crippen molar-refractivity contribution in [1.29, 1.82) is 0 Å². The summed E-state index contributed by atoms with van der Waals surface area (Å²) in [4.78, 5) is 9.79. The van der Waals surface area contributed by atoms with Crippen LogP contribution in [0.25, 0.3) is 0 Å². The summed E-state index contributed by atoms with van der Waals surface area (Å²) in [6.07, 6.45) is 0. The summed E-state index contributed by atoms with van der Waals surface area (Å²) in [6.45, 7) is 14.4. The smallest absolute Gasteiger partial charge is 0.203 e. The topological polar surface area (TPSA) is 70.6 Å². The Morgan fingerprint density at radius 2 is 1.63 bits per heavy atom. The summed E-state index contributed by atoms with van der Waals surface area (Å²) < 4.78 is 16.3. The van der Waals surface area contributed by atoms with E-state index in [0.717, 1.165) is 57.3 Å². The van der Waals surface area contributed by atoms with E-state index in [9.17, 15) is 0 Å². The molecule has 1 heterocycles. The molecule has 30 heavy (non-hydrogen) atoms. The number of piperazine rings is 1. The van der Waals surface area contributed by atoms with Crippen molar-refractivity contribution in [2.75, 3.05) is 67.1 Å². The molecule has 0 aliphatic carbocycles. The maximum atomic E-state index is 5.44. The average molecular weight is 422 g/mol. The summed E-state index contributed by atoms with van der Waals surface area (Å²) in [5, 5.41) is 6.82. The Kier molecular flexibility index (Phi) is 10.0. The van der Waals surface area contributed by atoms with E-state index in [1.54, 1.807) is 21.3 Å². The van der Waals surface area contributed by atoms with Crippen molar-refractivity contribution in [3.63, 3.8) is 0 Å². The van der Waals surface area contributed by atoms with Crippen molar-refractivity contribution in [1.82, 2.24) is 20.4 Å². The number of hydrogen-bond acceptors (Lipinski definition) is 6. The van der Waals surface area contributed by atoms with Crippen LogP contribution in [0.1, 0.15) is 26.3 Å². The Labute approximate surface area is 181 Å². The number of benzene rings is 1. The van der Waals surface area contributed by atoms with Gasteiger partial charge in [0.1, 0.15) is 0 Å². The minimum Gasteiger partial charge on any atom is -0.493 e. The van der Waals surface area contributed by atoms with Crippen LogP contribution in [0.5, 0.6) is 17.2 Å². The molecule has 2 rings (SSSR count). The van der Waals surface area contributed by atoms with Gasteiger partial charge in [-0.2, -0.15) is 0 Å². The molecule has 1 aromatic carbocycles. The fraction of sp³-hybridized carbons (Fsp3) is 0.682. The number of aliphatic imine (C=N–C) groups is 1. The first kappa shape index (κ1) is 24.1.